The Morgan fingerprint density at radius 2 is 1.20 bits per heavy atom. The highest BCUT2D eigenvalue weighted by molar-refractivity contribution is 5.22. The molecule has 0 aromatic heterocycles. The van der Waals surface area contributed by atoms with E-state index in [4.69, 9.17) is 0 Å². The van der Waals surface area contributed by atoms with Crippen molar-refractivity contribution >= 4 is 0 Å². The van der Waals surface area contributed by atoms with Crippen LogP contribution in [0.4, 0.5) is 0 Å². The molecule has 0 aliphatic rings. The van der Waals surface area contributed by atoms with Gasteiger partial charge in [-0.1, -0.05) is 50.3 Å². The van der Waals surface area contributed by atoms with Crippen molar-refractivity contribution in [3.8, 4) is 0 Å². The molecule has 0 spiro atoms. The first-order valence-electron chi connectivity index (χ1n) is 5.31. The maximum absolute atomic E-state index is 4.04. The molecule has 2 atom stereocenters. The zero-order valence-corrected chi connectivity index (χ0v) is 10.7. The number of allylic oxidation sites excluding steroid dienone is 4. The van der Waals surface area contributed by atoms with Gasteiger partial charge in [0.25, 0.3) is 0 Å². The first-order valence-corrected chi connectivity index (χ1v) is 5.31. The maximum atomic E-state index is 4.04. The third-order valence-electron chi connectivity index (χ3n) is 3.59. The van der Waals surface area contributed by atoms with Gasteiger partial charge < -0.3 is 0 Å². The molecule has 0 saturated carbocycles. The Balaban J connectivity index is 5.13. The van der Waals surface area contributed by atoms with Crippen LogP contribution < -0.4 is 0 Å². The number of hydrogen-bond acceptors (Lipinski definition) is 0. The van der Waals surface area contributed by atoms with Gasteiger partial charge in [-0.25, -0.2) is 0 Å². The molecule has 0 fully saturated rings. The van der Waals surface area contributed by atoms with Crippen LogP contribution in [0.5, 0.6) is 0 Å². The third kappa shape index (κ3) is 2.95. The van der Waals surface area contributed by atoms with Crippen molar-refractivity contribution in [1.82, 2.24) is 0 Å². The lowest BCUT2D eigenvalue weighted by Gasteiger charge is -2.37. The van der Waals surface area contributed by atoms with E-state index in [1.54, 1.807) is 0 Å². The summed E-state index contributed by atoms with van der Waals surface area (Å²) in [7, 11) is 0. The number of rotatable bonds is 6. The predicted octanol–water partition coefficient (Wildman–Crippen LogP) is 4.91. The molecule has 0 heterocycles. The highest BCUT2D eigenvalue weighted by Gasteiger charge is 2.32. The summed E-state index contributed by atoms with van der Waals surface area (Å²) in [4.78, 5) is 0. The molecule has 0 aliphatic carbocycles. The quantitative estimate of drug-likeness (QED) is 0.539. The SMILES string of the molecule is C=CC(C)(CC(C)(C=C)C(=C)C)C(=C)C. The van der Waals surface area contributed by atoms with Gasteiger partial charge in [0.15, 0.2) is 0 Å². The second-order valence-corrected chi connectivity index (χ2v) is 4.98. The lowest BCUT2D eigenvalue weighted by molar-refractivity contribution is 0.333. The van der Waals surface area contributed by atoms with Crippen LogP contribution >= 0.6 is 0 Å². The van der Waals surface area contributed by atoms with Gasteiger partial charge in [0.05, 0.1) is 0 Å². The van der Waals surface area contributed by atoms with Crippen LogP contribution in [0.15, 0.2) is 49.6 Å². The van der Waals surface area contributed by atoms with Crippen LogP contribution in [0.25, 0.3) is 0 Å². The van der Waals surface area contributed by atoms with Crippen molar-refractivity contribution in [1.29, 1.82) is 0 Å². The van der Waals surface area contributed by atoms with Gasteiger partial charge in [-0.2, -0.15) is 0 Å². The predicted molar refractivity (Wildman–Crippen MR) is 70.9 cm³/mol. The Morgan fingerprint density at radius 3 is 1.33 bits per heavy atom. The van der Waals surface area contributed by atoms with Crippen LogP contribution in [0.3, 0.4) is 0 Å². The molecule has 0 amide bonds. The van der Waals surface area contributed by atoms with E-state index in [1.165, 1.54) is 0 Å². The highest BCUT2D eigenvalue weighted by Crippen LogP contribution is 2.43. The summed E-state index contributed by atoms with van der Waals surface area (Å²) in [6, 6.07) is 0. The summed E-state index contributed by atoms with van der Waals surface area (Å²) in [5.41, 5.74) is 2.16. The monoisotopic (exact) mass is 204 g/mol. The Labute approximate surface area is 95.1 Å². The molecule has 2 unspecified atom stereocenters. The van der Waals surface area contributed by atoms with Crippen LogP contribution in [-0.2, 0) is 0 Å². The van der Waals surface area contributed by atoms with Gasteiger partial charge in [0.2, 0.25) is 0 Å². The fraction of sp³-hybridized carbons (Fsp3) is 0.467. The summed E-state index contributed by atoms with van der Waals surface area (Å²) in [5, 5.41) is 0. The average molecular weight is 204 g/mol. The van der Waals surface area contributed by atoms with Gasteiger partial charge in [-0.15, -0.1) is 13.2 Å². The first kappa shape index (κ1) is 14.0. The molecule has 0 N–H and O–H groups in total. The van der Waals surface area contributed by atoms with Crippen molar-refractivity contribution in [3.63, 3.8) is 0 Å². The van der Waals surface area contributed by atoms with Crippen molar-refractivity contribution in [2.45, 2.75) is 34.1 Å². The zero-order valence-electron chi connectivity index (χ0n) is 10.7. The largest absolute Gasteiger partial charge is 0.102 e. The topological polar surface area (TPSA) is 0 Å². The van der Waals surface area contributed by atoms with Crippen LogP contribution in [0, 0.1) is 10.8 Å². The van der Waals surface area contributed by atoms with Crippen molar-refractivity contribution in [2.24, 2.45) is 10.8 Å². The molecule has 0 saturated heterocycles. The third-order valence-corrected chi connectivity index (χ3v) is 3.59. The van der Waals surface area contributed by atoms with E-state index in [9.17, 15) is 0 Å². The van der Waals surface area contributed by atoms with E-state index < -0.39 is 0 Å². The highest BCUT2D eigenvalue weighted by atomic mass is 14.4. The summed E-state index contributed by atoms with van der Waals surface area (Å²) in [5.74, 6) is 0. The van der Waals surface area contributed by atoms with Crippen molar-refractivity contribution < 1.29 is 0 Å². The minimum Gasteiger partial charge on any atom is -0.102 e. The standard InChI is InChI=1S/C15H24/c1-9-14(7,12(3)4)11-15(8,10-2)13(5)6/h9-10H,1-3,5,11H2,4,6-8H3. The van der Waals surface area contributed by atoms with Gasteiger partial charge >= 0.3 is 0 Å². The molecule has 84 valence electrons. The van der Waals surface area contributed by atoms with E-state index in [2.05, 4.69) is 40.2 Å². The van der Waals surface area contributed by atoms with Crippen LogP contribution in [-0.4, -0.2) is 0 Å². The molecule has 0 aromatic rings. The van der Waals surface area contributed by atoms with Gasteiger partial charge in [-0.05, 0) is 20.3 Å². The fourth-order valence-corrected chi connectivity index (χ4v) is 1.56. The summed E-state index contributed by atoms with van der Waals surface area (Å²) in [6.45, 7) is 24.3. The van der Waals surface area contributed by atoms with Gasteiger partial charge in [0.1, 0.15) is 0 Å². The van der Waals surface area contributed by atoms with E-state index in [-0.39, 0.29) is 10.8 Å². The van der Waals surface area contributed by atoms with Gasteiger partial charge in [0, 0.05) is 10.8 Å². The molecule has 0 aromatic carbocycles. The molecule has 0 heteroatoms. The second-order valence-electron chi connectivity index (χ2n) is 4.98. The molecule has 0 aliphatic heterocycles. The van der Waals surface area contributed by atoms with E-state index in [0.29, 0.717) is 0 Å². The van der Waals surface area contributed by atoms with Crippen molar-refractivity contribution in [3.05, 3.63) is 49.6 Å². The normalized spacial score (nSPS) is 18.4. The van der Waals surface area contributed by atoms with Crippen LogP contribution in [0.2, 0.25) is 0 Å². The first-order chi connectivity index (χ1) is 6.72. The van der Waals surface area contributed by atoms with E-state index >= 15 is 0 Å². The smallest absolute Gasteiger partial charge is 0.00656 e. The molecule has 0 radical (unpaired) electrons. The lowest BCUT2D eigenvalue weighted by Crippen LogP contribution is -2.26. The fourth-order valence-electron chi connectivity index (χ4n) is 1.56. The number of hydrogen-bond donors (Lipinski definition) is 0. The maximum Gasteiger partial charge on any atom is 0.00656 e. The Hall–Kier alpha value is -1.04. The molecular formula is C15H24. The summed E-state index contributed by atoms with van der Waals surface area (Å²) >= 11 is 0. The summed E-state index contributed by atoms with van der Waals surface area (Å²) in [6.07, 6.45) is 4.87. The molecular weight excluding hydrogens is 180 g/mol. The van der Waals surface area contributed by atoms with E-state index in [1.807, 2.05) is 26.0 Å². The Kier molecular flexibility index (Phi) is 4.33. The molecule has 0 bridgehead atoms. The van der Waals surface area contributed by atoms with E-state index in [0.717, 1.165) is 17.6 Å². The Bertz CT molecular complexity index is 265. The zero-order chi connectivity index (χ0) is 12.3. The Morgan fingerprint density at radius 1 is 0.933 bits per heavy atom. The summed E-state index contributed by atoms with van der Waals surface area (Å²) < 4.78 is 0. The average Bonchev–Trinajstić information content (AvgIpc) is 2.16. The molecule has 0 nitrogen and oxygen atoms in total. The molecule has 0 rings (SSSR count). The van der Waals surface area contributed by atoms with Gasteiger partial charge in [-0.3, -0.25) is 0 Å². The minimum atomic E-state index is -0.0537. The van der Waals surface area contributed by atoms with Crippen molar-refractivity contribution in [2.75, 3.05) is 0 Å². The lowest BCUT2D eigenvalue weighted by atomic mass is 9.67. The molecule has 15 heavy (non-hydrogen) atoms. The minimum absolute atomic E-state index is 0.0537. The van der Waals surface area contributed by atoms with Crippen LogP contribution in [0.1, 0.15) is 34.1 Å². The second kappa shape index (κ2) is 4.65.